The molecule has 67 valence electrons. The monoisotopic (exact) mass is 189 g/mol. The molecule has 0 spiro atoms. The lowest BCUT2D eigenvalue weighted by atomic mass is 10.5. The van der Waals surface area contributed by atoms with E-state index in [0.717, 1.165) is 15.7 Å². The smallest absolute Gasteiger partial charge is 0.0963 e. The lowest BCUT2D eigenvalue weighted by molar-refractivity contribution is 0.965. The van der Waals surface area contributed by atoms with Gasteiger partial charge in [0.25, 0.3) is 0 Å². The van der Waals surface area contributed by atoms with Crippen molar-refractivity contribution in [3.05, 3.63) is 0 Å². The van der Waals surface area contributed by atoms with Crippen molar-refractivity contribution < 1.29 is 0 Å². The Labute approximate surface area is 76.5 Å². The summed E-state index contributed by atoms with van der Waals surface area (Å²) in [4.78, 5) is 0. The second-order valence-electron chi connectivity index (χ2n) is 3.91. The zero-order valence-electron chi connectivity index (χ0n) is 8.64. The van der Waals surface area contributed by atoms with Gasteiger partial charge in [0.05, 0.1) is 9.39 Å². The van der Waals surface area contributed by atoms with Crippen molar-refractivity contribution in [2.24, 2.45) is 0 Å². The van der Waals surface area contributed by atoms with Gasteiger partial charge in [-0.2, -0.15) is 0 Å². The Hall–Kier alpha value is 0.567. The summed E-state index contributed by atoms with van der Waals surface area (Å²) in [6.45, 7) is 13.9. The van der Waals surface area contributed by atoms with Crippen LogP contribution >= 0.6 is 9.48 Å². The fourth-order valence-electron chi connectivity index (χ4n) is 1.63. The topological polar surface area (TPSA) is 0 Å². The van der Waals surface area contributed by atoms with Gasteiger partial charge in [-0.1, -0.05) is 41.5 Å². The second-order valence-corrected chi connectivity index (χ2v) is 10.4. The van der Waals surface area contributed by atoms with Crippen molar-refractivity contribution >= 4 is 18.9 Å². The molecule has 0 heterocycles. The summed E-state index contributed by atoms with van der Waals surface area (Å²) in [5.41, 5.74) is 0. The van der Waals surface area contributed by atoms with Crippen LogP contribution in [0.2, 0.25) is 0 Å². The maximum Gasteiger partial charge on any atom is 0.0963 e. The summed E-state index contributed by atoms with van der Waals surface area (Å²) in [5, 5.41) is 2.33. The zero-order valence-corrected chi connectivity index (χ0v) is 10.5. The number of rotatable bonds is 3. The highest BCUT2D eigenvalue weighted by Gasteiger charge is 2.29. The Kier molecular flexibility index (Phi) is 4.20. The fraction of sp³-hybridized carbons (Fsp3) is 1.00. The van der Waals surface area contributed by atoms with E-state index in [1.54, 1.807) is 0 Å². The molecule has 11 heavy (non-hydrogen) atoms. The molecule has 0 atom stereocenters. The second kappa shape index (κ2) is 3.99. The molecule has 0 aromatic rings. The van der Waals surface area contributed by atoms with Crippen LogP contribution in [-0.2, 0) is 0 Å². The Morgan fingerprint density at radius 1 is 0.727 bits per heavy atom. The van der Waals surface area contributed by atoms with E-state index in [1.807, 2.05) is 0 Å². The molecule has 0 aromatic carbocycles. The van der Waals surface area contributed by atoms with Gasteiger partial charge in [-0.3, -0.25) is 9.48 Å². The molecular weight excluding hydrogens is 168 g/mol. The van der Waals surface area contributed by atoms with Crippen molar-refractivity contribution in [1.82, 2.24) is 0 Å². The van der Waals surface area contributed by atoms with Gasteiger partial charge < -0.3 is 0 Å². The molecule has 0 nitrogen and oxygen atoms in total. The van der Waals surface area contributed by atoms with Crippen LogP contribution in [0.25, 0.3) is 0 Å². The Morgan fingerprint density at radius 3 is 0.909 bits per heavy atom. The molecule has 0 bridgehead atoms. The first kappa shape index (κ1) is 11.6. The average molecular weight is 189 g/mol. The van der Waals surface area contributed by atoms with E-state index < -0.39 is 9.48 Å². The predicted molar refractivity (Wildman–Crippen MR) is 58.8 cm³/mol. The minimum Gasteiger partial charge on any atom is -0.251 e. The molecule has 0 aliphatic heterocycles. The predicted octanol–water partition coefficient (Wildman–Crippen LogP) is 3.10. The van der Waals surface area contributed by atoms with Gasteiger partial charge >= 0.3 is 0 Å². The lowest BCUT2D eigenvalue weighted by Gasteiger charge is -2.48. The summed E-state index contributed by atoms with van der Waals surface area (Å²) in [6.07, 6.45) is 0. The highest BCUT2D eigenvalue weighted by atomic mass is 32.4. The number of hydrogen-bond donors (Lipinski definition) is 0. The third kappa shape index (κ3) is 2.25. The van der Waals surface area contributed by atoms with E-state index >= 15 is 0 Å². The van der Waals surface area contributed by atoms with Crippen molar-refractivity contribution in [2.45, 2.75) is 57.3 Å². The molecule has 0 saturated carbocycles. The third-order valence-electron chi connectivity index (χ3n) is 2.34. The lowest BCUT2D eigenvalue weighted by Crippen LogP contribution is -2.28. The van der Waals surface area contributed by atoms with E-state index in [9.17, 15) is 0 Å². The minimum absolute atomic E-state index is 0.583. The van der Waals surface area contributed by atoms with E-state index in [0.29, 0.717) is 0 Å². The molecule has 0 unspecified atom stereocenters. The zero-order chi connectivity index (χ0) is 9.23. The highest BCUT2D eigenvalue weighted by Crippen LogP contribution is 2.55. The average Bonchev–Trinajstić information content (AvgIpc) is 1.84. The van der Waals surface area contributed by atoms with E-state index in [1.165, 1.54) is 0 Å². The first-order chi connectivity index (χ1) is 4.83. The van der Waals surface area contributed by atoms with E-state index in [2.05, 4.69) is 50.9 Å². The maximum atomic E-state index is 4.02. The first-order valence-electron chi connectivity index (χ1n) is 4.38. The summed E-state index contributed by atoms with van der Waals surface area (Å²) >= 11 is 0. The molecule has 0 aromatic heterocycles. The van der Waals surface area contributed by atoms with Gasteiger partial charge in [0.15, 0.2) is 0 Å². The standard InChI is InChI=1S/C9H21SSi/c1-7(2)10(11,8(3)4)9(5)6/h7-9H,1-6H3. The van der Waals surface area contributed by atoms with E-state index in [4.69, 9.17) is 0 Å². The third-order valence-corrected chi connectivity index (χ3v) is 11.3. The van der Waals surface area contributed by atoms with Crippen molar-refractivity contribution in [1.29, 1.82) is 0 Å². The van der Waals surface area contributed by atoms with Gasteiger partial charge in [-0.05, 0) is 15.7 Å². The Morgan fingerprint density at radius 2 is 0.909 bits per heavy atom. The molecule has 0 saturated heterocycles. The fourth-order valence-corrected chi connectivity index (χ4v) is 4.90. The van der Waals surface area contributed by atoms with Crippen LogP contribution in [0.4, 0.5) is 0 Å². The first-order valence-corrected chi connectivity index (χ1v) is 7.42. The van der Waals surface area contributed by atoms with Gasteiger partial charge in [0.1, 0.15) is 0 Å². The quantitative estimate of drug-likeness (QED) is 0.599. The molecule has 0 amide bonds. The van der Waals surface area contributed by atoms with Crippen LogP contribution in [0.15, 0.2) is 0 Å². The molecule has 3 radical (unpaired) electrons. The molecule has 0 aliphatic rings. The Bertz CT molecular complexity index is 97.0. The van der Waals surface area contributed by atoms with Crippen LogP contribution in [0.1, 0.15) is 41.5 Å². The molecule has 0 N–H and O–H groups in total. The van der Waals surface area contributed by atoms with Crippen molar-refractivity contribution in [2.75, 3.05) is 0 Å². The summed E-state index contributed by atoms with van der Waals surface area (Å²) in [5.74, 6) is 0. The summed E-state index contributed by atoms with van der Waals surface area (Å²) in [7, 11) is 3.43. The normalized spacial score (nSPS) is 15.1. The molecular formula is C9H21SSi. The van der Waals surface area contributed by atoms with Gasteiger partial charge in [0, 0.05) is 0 Å². The van der Waals surface area contributed by atoms with Crippen LogP contribution in [0.3, 0.4) is 0 Å². The van der Waals surface area contributed by atoms with Crippen molar-refractivity contribution in [3.8, 4) is 0 Å². The molecule has 0 rings (SSSR count). The summed E-state index contributed by atoms with van der Waals surface area (Å²) < 4.78 is 0. The molecule has 0 fully saturated rings. The van der Waals surface area contributed by atoms with Crippen LogP contribution in [0.5, 0.6) is 0 Å². The minimum atomic E-state index is -0.583. The SMILES string of the molecule is CC(C)S([Si])(C(C)C)C(C)C. The molecule has 0 aliphatic carbocycles. The molecule has 2 heteroatoms. The van der Waals surface area contributed by atoms with Gasteiger partial charge in [-0.15, -0.1) is 0 Å². The van der Waals surface area contributed by atoms with Gasteiger partial charge in [0.2, 0.25) is 0 Å². The van der Waals surface area contributed by atoms with Crippen molar-refractivity contribution in [3.63, 3.8) is 0 Å². The largest absolute Gasteiger partial charge is 0.251 e. The summed E-state index contributed by atoms with van der Waals surface area (Å²) in [6, 6.07) is 0. The number of hydrogen-bond acceptors (Lipinski definition) is 0. The Balaban J connectivity index is 4.53. The van der Waals surface area contributed by atoms with Crippen LogP contribution < -0.4 is 0 Å². The van der Waals surface area contributed by atoms with Gasteiger partial charge in [-0.25, -0.2) is 0 Å². The van der Waals surface area contributed by atoms with Crippen LogP contribution in [0, 0.1) is 0 Å². The van der Waals surface area contributed by atoms with Crippen LogP contribution in [-0.4, -0.2) is 25.1 Å². The highest BCUT2D eigenvalue weighted by molar-refractivity contribution is 8.51. The van der Waals surface area contributed by atoms with E-state index in [-0.39, 0.29) is 0 Å². The maximum absolute atomic E-state index is 4.02.